The fraction of sp³-hybridized carbons (Fsp3) is 0.320. The van der Waals surface area contributed by atoms with Crippen LogP contribution in [0, 0.1) is 0 Å². The highest BCUT2D eigenvalue weighted by molar-refractivity contribution is 6.31. The molecule has 2 aromatic carbocycles. The lowest BCUT2D eigenvalue weighted by atomic mass is 10.0. The van der Waals surface area contributed by atoms with Crippen molar-refractivity contribution in [3.63, 3.8) is 0 Å². The number of fused-ring (bicyclic) bond motifs is 1. The van der Waals surface area contributed by atoms with E-state index < -0.39 is 0 Å². The second-order valence-corrected chi connectivity index (χ2v) is 8.68. The molecular weight excluding hydrogens is 438 g/mol. The van der Waals surface area contributed by atoms with E-state index in [0.29, 0.717) is 17.0 Å². The Morgan fingerprint density at radius 3 is 2.70 bits per heavy atom. The van der Waals surface area contributed by atoms with E-state index in [2.05, 4.69) is 51.3 Å². The van der Waals surface area contributed by atoms with Crippen molar-refractivity contribution >= 4 is 34.1 Å². The van der Waals surface area contributed by atoms with Crippen LogP contribution in [0.5, 0.6) is 5.88 Å². The number of amides is 1. The third-order valence-electron chi connectivity index (χ3n) is 5.92. The molecule has 0 unspecified atom stereocenters. The molecule has 1 amide bonds. The molecule has 1 fully saturated rings. The molecule has 1 saturated heterocycles. The number of piperidine rings is 1. The van der Waals surface area contributed by atoms with Crippen molar-refractivity contribution in [1.29, 1.82) is 0 Å². The van der Waals surface area contributed by atoms with Crippen molar-refractivity contribution < 1.29 is 9.90 Å². The van der Waals surface area contributed by atoms with Gasteiger partial charge in [0.1, 0.15) is 0 Å². The van der Waals surface area contributed by atoms with Gasteiger partial charge in [0.15, 0.2) is 5.69 Å². The maximum absolute atomic E-state index is 12.3. The predicted octanol–water partition coefficient (Wildman–Crippen LogP) is 5.05. The van der Waals surface area contributed by atoms with Gasteiger partial charge >= 0.3 is 0 Å². The maximum atomic E-state index is 12.3. The van der Waals surface area contributed by atoms with Crippen molar-refractivity contribution in [3.8, 4) is 5.88 Å². The fourth-order valence-corrected chi connectivity index (χ4v) is 4.39. The Morgan fingerprint density at radius 2 is 1.97 bits per heavy atom. The van der Waals surface area contributed by atoms with Crippen LogP contribution < -0.4 is 5.32 Å². The minimum Gasteiger partial charge on any atom is -0.493 e. The highest BCUT2D eigenvalue weighted by Gasteiger charge is 2.20. The van der Waals surface area contributed by atoms with Crippen LogP contribution in [0.2, 0.25) is 5.02 Å². The van der Waals surface area contributed by atoms with Gasteiger partial charge in [0.2, 0.25) is 5.88 Å². The van der Waals surface area contributed by atoms with Gasteiger partial charge in [-0.15, -0.1) is 16.8 Å². The summed E-state index contributed by atoms with van der Waals surface area (Å²) in [6.07, 6.45) is 3.63. The van der Waals surface area contributed by atoms with Crippen molar-refractivity contribution in [3.05, 3.63) is 71.8 Å². The van der Waals surface area contributed by atoms with Gasteiger partial charge < -0.3 is 15.0 Å². The number of nitrogens with one attached hydrogen (secondary N) is 1. The molecule has 0 bridgehead atoms. The Balaban J connectivity index is 1.32. The van der Waals surface area contributed by atoms with E-state index in [1.807, 2.05) is 6.07 Å². The Hall–Kier alpha value is -3.00. The number of carbonyl (C=O) groups excluding carboxylic acids is 1. The Labute approximate surface area is 198 Å². The van der Waals surface area contributed by atoms with E-state index in [1.165, 1.54) is 5.56 Å². The SMILES string of the molecule is C=CCn1c(O)c(N=NC(=O)CNC2CCN(Cc3ccccc3)CC2)c2cc(Cl)ccc21. The van der Waals surface area contributed by atoms with E-state index in [-0.39, 0.29) is 30.1 Å². The minimum atomic E-state index is -0.382. The number of hydrogen-bond donors (Lipinski definition) is 2. The summed E-state index contributed by atoms with van der Waals surface area (Å²) in [5, 5.41) is 22.9. The molecule has 1 aromatic heterocycles. The molecule has 2 N–H and O–H groups in total. The number of benzene rings is 2. The standard InChI is InChI=1S/C25H28ClN5O2/c1-2-12-31-22-9-8-19(26)15-21(22)24(25(31)33)29-28-23(32)16-27-20-10-13-30(14-11-20)17-18-6-4-3-5-7-18/h2-9,15,20,27,33H,1,10-14,16-17H2. The number of likely N-dealkylation sites (tertiary alicyclic amines) is 1. The van der Waals surface area contributed by atoms with Crippen LogP contribution in [-0.2, 0) is 17.9 Å². The molecule has 0 saturated carbocycles. The Morgan fingerprint density at radius 1 is 1.21 bits per heavy atom. The molecule has 4 rings (SSSR count). The molecule has 172 valence electrons. The van der Waals surface area contributed by atoms with Gasteiger partial charge in [-0.1, -0.05) is 48.0 Å². The molecule has 0 radical (unpaired) electrons. The van der Waals surface area contributed by atoms with E-state index >= 15 is 0 Å². The van der Waals surface area contributed by atoms with Crippen LogP contribution in [0.4, 0.5) is 5.69 Å². The Bertz CT molecular complexity index is 1150. The second-order valence-electron chi connectivity index (χ2n) is 8.24. The normalized spacial score (nSPS) is 15.4. The first kappa shape index (κ1) is 23.2. The van der Waals surface area contributed by atoms with Crippen LogP contribution in [-0.4, -0.2) is 46.2 Å². The zero-order valence-electron chi connectivity index (χ0n) is 18.5. The second kappa shape index (κ2) is 10.7. The van der Waals surface area contributed by atoms with Crippen molar-refractivity contribution in [1.82, 2.24) is 14.8 Å². The number of azo groups is 1. The lowest BCUT2D eigenvalue weighted by molar-refractivity contribution is -0.117. The Kier molecular flexibility index (Phi) is 7.54. The molecule has 33 heavy (non-hydrogen) atoms. The summed E-state index contributed by atoms with van der Waals surface area (Å²) in [5.41, 5.74) is 2.30. The topological polar surface area (TPSA) is 82.2 Å². The predicted molar refractivity (Wildman–Crippen MR) is 131 cm³/mol. The van der Waals surface area contributed by atoms with Crippen molar-refractivity contribution in [2.45, 2.75) is 32.0 Å². The van der Waals surface area contributed by atoms with Crippen molar-refractivity contribution in [2.75, 3.05) is 19.6 Å². The summed E-state index contributed by atoms with van der Waals surface area (Å²) < 4.78 is 1.65. The van der Waals surface area contributed by atoms with Crippen LogP contribution in [0.15, 0.2) is 71.4 Å². The first-order valence-corrected chi connectivity index (χ1v) is 11.5. The number of aromatic hydroxyl groups is 1. The van der Waals surface area contributed by atoms with Crippen LogP contribution in [0.25, 0.3) is 10.9 Å². The average Bonchev–Trinajstić information content (AvgIpc) is 3.08. The van der Waals surface area contributed by atoms with Gasteiger partial charge in [-0.3, -0.25) is 9.69 Å². The number of allylic oxidation sites excluding steroid dienone is 1. The summed E-state index contributed by atoms with van der Waals surface area (Å²) in [5.74, 6) is -0.449. The van der Waals surface area contributed by atoms with Crippen LogP contribution in [0.3, 0.4) is 0 Å². The van der Waals surface area contributed by atoms with E-state index in [0.717, 1.165) is 38.0 Å². The molecule has 8 heteroatoms. The molecule has 1 aliphatic rings. The van der Waals surface area contributed by atoms with Gasteiger partial charge in [-0.05, 0) is 49.7 Å². The number of halogens is 1. The number of aromatic nitrogens is 1. The molecule has 0 atom stereocenters. The molecular formula is C25H28ClN5O2. The number of nitrogens with zero attached hydrogens (tertiary/aromatic N) is 4. The monoisotopic (exact) mass is 465 g/mol. The lowest BCUT2D eigenvalue weighted by Crippen LogP contribution is -2.43. The third-order valence-corrected chi connectivity index (χ3v) is 6.16. The highest BCUT2D eigenvalue weighted by Crippen LogP contribution is 2.40. The molecule has 1 aliphatic heterocycles. The van der Waals surface area contributed by atoms with Crippen LogP contribution >= 0.6 is 11.6 Å². The average molecular weight is 466 g/mol. The van der Waals surface area contributed by atoms with E-state index in [4.69, 9.17) is 11.6 Å². The zero-order chi connectivity index (χ0) is 23.2. The van der Waals surface area contributed by atoms with E-state index in [9.17, 15) is 9.90 Å². The number of rotatable bonds is 8. The van der Waals surface area contributed by atoms with E-state index in [1.54, 1.807) is 28.8 Å². The fourth-order valence-electron chi connectivity index (χ4n) is 4.22. The largest absolute Gasteiger partial charge is 0.493 e. The molecule has 2 heterocycles. The third kappa shape index (κ3) is 5.68. The van der Waals surface area contributed by atoms with Gasteiger partial charge in [0.05, 0.1) is 12.1 Å². The molecule has 7 nitrogen and oxygen atoms in total. The summed E-state index contributed by atoms with van der Waals surface area (Å²) in [6, 6.07) is 16.0. The van der Waals surface area contributed by atoms with Gasteiger partial charge in [-0.2, -0.15) is 0 Å². The summed E-state index contributed by atoms with van der Waals surface area (Å²) >= 11 is 6.12. The number of hydrogen-bond acceptors (Lipinski definition) is 5. The zero-order valence-corrected chi connectivity index (χ0v) is 19.2. The summed E-state index contributed by atoms with van der Waals surface area (Å²) in [7, 11) is 0. The van der Waals surface area contributed by atoms with Crippen molar-refractivity contribution in [2.24, 2.45) is 10.2 Å². The molecule has 0 aliphatic carbocycles. The first-order chi connectivity index (χ1) is 16.0. The highest BCUT2D eigenvalue weighted by atomic mass is 35.5. The molecule has 0 spiro atoms. The van der Waals surface area contributed by atoms with Gasteiger partial charge in [-0.25, -0.2) is 0 Å². The lowest BCUT2D eigenvalue weighted by Gasteiger charge is -2.32. The smallest absolute Gasteiger partial charge is 0.278 e. The summed E-state index contributed by atoms with van der Waals surface area (Å²) in [4.78, 5) is 14.8. The van der Waals surface area contributed by atoms with Crippen LogP contribution in [0.1, 0.15) is 18.4 Å². The first-order valence-electron chi connectivity index (χ1n) is 11.1. The quantitative estimate of drug-likeness (QED) is 0.360. The summed E-state index contributed by atoms with van der Waals surface area (Å²) in [6.45, 7) is 7.16. The van der Waals surface area contributed by atoms with Gasteiger partial charge in [0, 0.05) is 29.5 Å². The van der Waals surface area contributed by atoms with Gasteiger partial charge in [0.25, 0.3) is 5.91 Å². The number of carbonyl (C=O) groups is 1. The maximum Gasteiger partial charge on any atom is 0.278 e. The molecule has 3 aromatic rings. The minimum absolute atomic E-state index is 0.0672.